The third kappa shape index (κ3) is 4.29. The summed E-state index contributed by atoms with van der Waals surface area (Å²) in [5.41, 5.74) is 1.11. The number of carboxylic acid groups (broad SMARTS) is 1. The molecule has 0 fully saturated rings. The Morgan fingerprint density at radius 2 is 1.96 bits per heavy atom. The first-order chi connectivity index (χ1) is 12.1. The maximum atomic E-state index is 13.4. The Balaban J connectivity index is 1.62. The van der Waals surface area contributed by atoms with Gasteiger partial charge in [-0.3, -0.25) is 4.98 Å². The van der Waals surface area contributed by atoms with Gasteiger partial charge in [0.2, 0.25) is 5.88 Å². The maximum absolute atomic E-state index is 13.4. The molecule has 0 bridgehead atoms. The molecule has 0 amide bonds. The number of carboxylic acids is 1. The number of nitrogens with zero attached hydrogens (tertiary/aromatic N) is 2. The molecule has 1 heterocycles. The quantitative estimate of drug-likeness (QED) is 0.712. The van der Waals surface area contributed by atoms with Crippen LogP contribution in [0.15, 0.2) is 61.1 Å². The summed E-state index contributed by atoms with van der Waals surface area (Å²) in [4.78, 5) is 18.9. The fraction of sp³-hybridized carbons (Fsp3) is 0.0556. The standard InChI is InChI=1S/C18H14FN3O3/c19-16-6-3-13(9-15(16)18(23)24)22-10-12-1-4-14(5-2-12)25-17-11-20-7-8-21-17/h1-9,11,22H,10H2,(H,23,24). The largest absolute Gasteiger partial charge is 0.478 e. The van der Waals surface area contributed by atoms with Crippen LogP contribution in [-0.4, -0.2) is 21.0 Å². The van der Waals surface area contributed by atoms with Crippen LogP contribution in [0.5, 0.6) is 11.6 Å². The molecule has 0 atom stereocenters. The number of nitrogens with one attached hydrogen (secondary N) is 1. The third-order valence-electron chi connectivity index (χ3n) is 3.38. The predicted octanol–water partition coefficient (Wildman–Crippen LogP) is 3.72. The first kappa shape index (κ1) is 16.4. The Bertz CT molecular complexity index is 870. The summed E-state index contributed by atoms with van der Waals surface area (Å²) in [5, 5.41) is 12.0. The van der Waals surface area contributed by atoms with E-state index in [2.05, 4.69) is 15.3 Å². The molecular weight excluding hydrogens is 325 g/mol. The van der Waals surface area contributed by atoms with Gasteiger partial charge in [-0.2, -0.15) is 0 Å². The maximum Gasteiger partial charge on any atom is 0.338 e. The second kappa shape index (κ2) is 7.39. The van der Waals surface area contributed by atoms with Crippen molar-refractivity contribution in [1.29, 1.82) is 0 Å². The summed E-state index contributed by atoms with van der Waals surface area (Å²) in [6.45, 7) is 0.454. The number of rotatable bonds is 6. The zero-order valence-electron chi connectivity index (χ0n) is 13.0. The van der Waals surface area contributed by atoms with Crippen LogP contribution in [0.25, 0.3) is 0 Å². The number of hydrogen-bond acceptors (Lipinski definition) is 5. The number of aromatic nitrogens is 2. The molecule has 3 aromatic rings. The van der Waals surface area contributed by atoms with Crippen LogP contribution in [0.3, 0.4) is 0 Å². The molecule has 2 N–H and O–H groups in total. The number of ether oxygens (including phenoxy) is 1. The molecule has 1 aromatic heterocycles. The minimum absolute atomic E-state index is 0.363. The van der Waals surface area contributed by atoms with Gasteiger partial charge in [-0.05, 0) is 35.9 Å². The highest BCUT2D eigenvalue weighted by atomic mass is 19.1. The molecule has 0 aliphatic rings. The van der Waals surface area contributed by atoms with Gasteiger partial charge in [0, 0.05) is 24.6 Å². The average Bonchev–Trinajstić information content (AvgIpc) is 2.63. The van der Waals surface area contributed by atoms with Crippen molar-refractivity contribution in [1.82, 2.24) is 9.97 Å². The molecule has 3 rings (SSSR count). The molecule has 0 unspecified atom stereocenters. The van der Waals surface area contributed by atoms with E-state index in [0.717, 1.165) is 11.6 Å². The Kier molecular flexibility index (Phi) is 4.84. The molecule has 0 aliphatic carbocycles. The molecule has 0 radical (unpaired) electrons. The lowest BCUT2D eigenvalue weighted by molar-refractivity contribution is 0.0692. The summed E-state index contributed by atoms with van der Waals surface area (Å²) in [6.07, 6.45) is 4.62. The van der Waals surface area contributed by atoms with Gasteiger partial charge in [-0.15, -0.1) is 0 Å². The zero-order chi connectivity index (χ0) is 17.6. The van der Waals surface area contributed by atoms with E-state index in [1.54, 1.807) is 24.5 Å². The topological polar surface area (TPSA) is 84.3 Å². The van der Waals surface area contributed by atoms with Crippen LogP contribution >= 0.6 is 0 Å². The Hall–Kier alpha value is -3.48. The summed E-state index contributed by atoms with van der Waals surface area (Å²) in [7, 11) is 0. The van der Waals surface area contributed by atoms with Gasteiger partial charge in [0.1, 0.15) is 11.6 Å². The monoisotopic (exact) mass is 339 g/mol. The van der Waals surface area contributed by atoms with Crippen molar-refractivity contribution in [3.63, 3.8) is 0 Å². The smallest absolute Gasteiger partial charge is 0.338 e. The third-order valence-corrected chi connectivity index (χ3v) is 3.38. The van der Waals surface area contributed by atoms with E-state index in [1.807, 2.05) is 12.1 Å². The molecule has 2 aromatic carbocycles. The van der Waals surface area contributed by atoms with Gasteiger partial charge in [-0.1, -0.05) is 12.1 Å². The van der Waals surface area contributed by atoms with E-state index in [4.69, 9.17) is 9.84 Å². The highest BCUT2D eigenvalue weighted by Crippen LogP contribution is 2.20. The van der Waals surface area contributed by atoms with Gasteiger partial charge in [-0.25, -0.2) is 14.2 Å². The van der Waals surface area contributed by atoms with Crippen molar-refractivity contribution >= 4 is 11.7 Å². The van der Waals surface area contributed by atoms with Gasteiger partial charge < -0.3 is 15.2 Å². The summed E-state index contributed by atoms with van der Waals surface area (Å²) in [6, 6.07) is 11.2. The van der Waals surface area contributed by atoms with E-state index in [9.17, 15) is 9.18 Å². The minimum atomic E-state index is -1.30. The number of anilines is 1. The number of aromatic carboxylic acids is 1. The number of benzene rings is 2. The number of halogens is 1. The average molecular weight is 339 g/mol. The molecule has 0 spiro atoms. The van der Waals surface area contributed by atoms with Crippen molar-refractivity contribution in [3.05, 3.63) is 78.0 Å². The van der Waals surface area contributed by atoms with Crippen LogP contribution in [0.2, 0.25) is 0 Å². The second-order valence-electron chi connectivity index (χ2n) is 5.14. The van der Waals surface area contributed by atoms with Crippen LogP contribution in [0.4, 0.5) is 10.1 Å². The Labute approximate surface area is 142 Å². The highest BCUT2D eigenvalue weighted by Gasteiger charge is 2.10. The van der Waals surface area contributed by atoms with E-state index in [-0.39, 0.29) is 5.56 Å². The van der Waals surface area contributed by atoms with Crippen LogP contribution in [0.1, 0.15) is 15.9 Å². The van der Waals surface area contributed by atoms with E-state index < -0.39 is 11.8 Å². The lowest BCUT2D eigenvalue weighted by Crippen LogP contribution is -2.04. The first-order valence-electron chi connectivity index (χ1n) is 7.41. The molecule has 7 heteroatoms. The van der Waals surface area contributed by atoms with Crippen molar-refractivity contribution in [3.8, 4) is 11.6 Å². The van der Waals surface area contributed by atoms with Crippen LogP contribution in [0, 0.1) is 5.82 Å². The van der Waals surface area contributed by atoms with Crippen molar-refractivity contribution in [2.24, 2.45) is 0 Å². The molecule has 0 aliphatic heterocycles. The van der Waals surface area contributed by atoms with Gasteiger partial charge in [0.25, 0.3) is 0 Å². The van der Waals surface area contributed by atoms with Gasteiger partial charge in [0.15, 0.2) is 0 Å². The molecular formula is C18H14FN3O3. The minimum Gasteiger partial charge on any atom is -0.478 e. The molecule has 0 saturated heterocycles. The van der Waals surface area contributed by atoms with Crippen molar-refractivity contribution in [2.75, 3.05) is 5.32 Å². The van der Waals surface area contributed by atoms with Gasteiger partial charge in [0.05, 0.1) is 11.8 Å². The molecule has 0 saturated carbocycles. The fourth-order valence-electron chi connectivity index (χ4n) is 2.14. The Morgan fingerprint density at radius 1 is 1.16 bits per heavy atom. The van der Waals surface area contributed by atoms with Crippen molar-refractivity contribution in [2.45, 2.75) is 6.54 Å². The number of hydrogen-bond donors (Lipinski definition) is 2. The van der Waals surface area contributed by atoms with E-state index in [1.165, 1.54) is 18.3 Å². The molecule has 25 heavy (non-hydrogen) atoms. The van der Waals surface area contributed by atoms with Crippen LogP contribution < -0.4 is 10.1 Å². The summed E-state index contributed by atoms with van der Waals surface area (Å²) in [5.74, 6) is -1.03. The lowest BCUT2D eigenvalue weighted by Gasteiger charge is -2.09. The normalized spacial score (nSPS) is 10.3. The lowest BCUT2D eigenvalue weighted by atomic mass is 10.1. The van der Waals surface area contributed by atoms with Gasteiger partial charge >= 0.3 is 5.97 Å². The van der Waals surface area contributed by atoms with E-state index >= 15 is 0 Å². The molecule has 6 nitrogen and oxygen atoms in total. The highest BCUT2D eigenvalue weighted by molar-refractivity contribution is 5.89. The SMILES string of the molecule is O=C(O)c1cc(NCc2ccc(Oc3cnccn3)cc2)ccc1F. The van der Waals surface area contributed by atoms with E-state index in [0.29, 0.717) is 23.9 Å². The predicted molar refractivity (Wildman–Crippen MR) is 89.2 cm³/mol. The second-order valence-corrected chi connectivity index (χ2v) is 5.14. The van der Waals surface area contributed by atoms with Crippen molar-refractivity contribution < 1.29 is 19.0 Å². The summed E-state index contributed by atoms with van der Waals surface area (Å²) >= 11 is 0. The Morgan fingerprint density at radius 3 is 2.64 bits per heavy atom. The van der Waals surface area contributed by atoms with Crippen LogP contribution in [-0.2, 0) is 6.54 Å². The molecule has 126 valence electrons. The fourth-order valence-corrected chi connectivity index (χ4v) is 2.14. The zero-order valence-corrected chi connectivity index (χ0v) is 13.0. The summed E-state index contributed by atoms with van der Waals surface area (Å²) < 4.78 is 18.9. The first-order valence-corrected chi connectivity index (χ1v) is 7.41. The number of carbonyl (C=O) groups is 1.